The van der Waals surface area contributed by atoms with Crippen LogP contribution in [0.5, 0.6) is 5.75 Å². The van der Waals surface area contributed by atoms with Crippen molar-refractivity contribution in [1.82, 2.24) is 4.98 Å². The Kier molecular flexibility index (Phi) is 4.16. The summed E-state index contributed by atoms with van der Waals surface area (Å²) in [6.45, 7) is 3.58. The molecular formula is C15H17ClN2O2. The first-order valence-corrected chi connectivity index (χ1v) is 6.60. The van der Waals surface area contributed by atoms with Crippen molar-refractivity contribution in [3.63, 3.8) is 0 Å². The topological polar surface area (TPSA) is 68.4 Å². The van der Waals surface area contributed by atoms with Crippen LogP contribution in [0.4, 0.5) is 5.82 Å². The van der Waals surface area contributed by atoms with Crippen LogP contribution in [0.2, 0.25) is 5.02 Å². The summed E-state index contributed by atoms with van der Waals surface area (Å²) in [6.07, 6.45) is 0.992. The van der Waals surface area contributed by atoms with Crippen molar-refractivity contribution < 1.29 is 9.84 Å². The highest BCUT2D eigenvalue weighted by atomic mass is 35.5. The molecule has 4 nitrogen and oxygen atoms in total. The van der Waals surface area contributed by atoms with Crippen LogP contribution in [0.25, 0.3) is 11.1 Å². The predicted molar refractivity (Wildman–Crippen MR) is 81.0 cm³/mol. The summed E-state index contributed by atoms with van der Waals surface area (Å²) in [5.41, 5.74) is 8.80. The summed E-state index contributed by atoms with van der Waals surface area (Å²) >= 11 is 6.26. The number of methoxy groups -OCH3 is 1. The Morgan fingerprint density at radius 3 is 2.60 bits per heavy atom. The van der Waals surface area contributed by atoms with Crippen LogP contribution in [0.15, 0.2) is 24.4 Å². The van der Waals surface area contributed by atoms with Gasteiger partial charge in [-0.05, 0) is 37.6 Å². The summed E-state index contributed by atoms with van der Waals surface area (Å²) in [7, 11) is 1.57. The molecule has 1 heterocycles. The van der Waals surface area contributed by atoms with Crippen LogP contribution in [-0.2, 0) is 0 Å². The number of benzene rings is 1. The van der Waals surface area contributed by atoms with Crippen LogP contribution in [-0.4, -0.2) is 17.2 Å². The first-order chi connectivity index (χ1) is 9.45. The van der Waals surface area contributed by atoms with E-state index in [1.54, 1.807) is 32.4 Å². The Balaban J connectivity index is 2.75. The number of ether oxygens (including phenoxy) is 1. The number of hydrogen-bond acceptors (Lipinski definition) is 4. The molecule has 1 aromatic heterocycles. The van der Waals surface area contributed by atoms with Gasteiger partial charge in [-0.3, -0.25) is 0 Å². The van der Waals surface area contributed by atoms with Gasteiger partial charge in [0.1, 0.15) is 11.6 Å². The predicted octanol–water partition coefficient (Wildman–Crippen LogP) is 3.35. The van der Waals surface area contributed by atoms with Crippen LogP contribution in [0.1, 0.15) is 24.2 Å². The van der Waals surface area contributed by atoms with E-state index >= 15 is 0 Å². The van der Waals surface area contributed by atoms with Gasteiger partial charge in [0, 0.05) is 27.9 Å². The third-order valence-electron chi connectivity index (χ3n) is 3.23. The van der Waals surface area contributed by atoms with E-state index in [-0.39, 0.29) is 0 Å². The second-order valence-electron chi connectivity index (χ2n) is 4.63. The van der Waals surface area contributed by atoms with Crippen molar-refractivity contribution in [3.05, 3.63) is 40.5 Å². The normalized spacial score (nSPS) is 12.2. The smallest absolute Gasteiger partial charge is 0.132 e. The lowest BCUT2D eigenvalue weighted by Crippen LogP contribution is -2.01. The number of anilines is 1. The van der Waals surface area contributed by atoms with Crippen LogP contribution in [0.3, 0.4) is 0 Å². The summed E-state index contributed by atoms with van der Waals surface area (Å²) in [4.78, 5) is 4.09. The molecule has 1 atom stereocenters. The average molecular weight is 293 g/mol. The molecule has 0 aliphatic heterocycles. The number of nitrogens with zero attached hydrogens (tertiary/aromatic N) is 1. The number of aromatic nitrogens is 1. The molecule has 20 heavy (non-hydrogen) atoms. The summed E-state index contributed by atoms with van der Waals surface area (Å²) in [5, 5.41) is 10.5. The van der Waals surface area contributed by atoms with Gasteiger partial charge in [-0.25, -0.2) is 4.98 Å². The molecule has 0 saturated carbocycles. The fourth-order valence-electron chi connectivity index (χ4n) is 2.18. The van der Waals surface area contributed by atoms with Gasteiger partial charge in [0.25, 0.3) is 0 Å². The van der Waals surface area contributed by atoms with E-state index in [1.165, 1.54) is 0 Å². The first kappa shape index (κ1) is 14.6. The molecule has 1 aromatic carbocycles. The van der Waals surface area contributed by atoms with Gasteiger partial charge in [-0.2, -0.15) is 0 Å². The molecule has 2 rings (SSSR count). The van der Waals surface area contributed by atoms with E-state index in [0.29, 0.717) is 22.2 Å². The van der Waals surface area contributed by atoms with Crippen molar-refractivity contribution in [2.75, 3.05) is 12.8 Å². The lowest BCUT2D eigenvalue weighted by Gasteiger charge is -2.19. The molecule has 1 unspecified atom stereocenters. The number of halogens is 1. The zero-order valence-electron chi connectivity index (χ0n) is 11.6. The highest BCUT2D eigenvalue weighted by Gasteiger charge is 2.19. The fraction of sp³-hybridized carbons (Fsp3) is 0.267. The van der Waals surface area contributed by atoms with Crippen molar-refractivity contribution in [2.24, 2.45) is 0 Å². The van der Waals surface area contributed by atoms with Crippen LogP contribution < -0.4 is 10.5 Å². The molecule has 0 aliphatic rings. The summed E-state index contributed by atoms with van der Waals surface area (Å²) < 4.78 is 5.48. The van der Waals surface area contributed by atoms with Crippen molar-refractivity contribution in [3.8, 4) is 16.9 Å². The van der Waals surface area contributed by atoms with Crippen molar-refractivity contribution in [1.29, 1.82) is 0 Å². The highest BCUT2D eigenvalue weighted by molar-refractivity contribution is 6.32. The SMILES string of the molecule is COc1c(C(C)O)cc(Cl)c(C)c1-c1ccc(N)nc1. The van der Waals surface area contributed by atoms with E-state index in [9.17, 15) is 5.11 Å². The van der Waals surface area contributed by atoms with Gasteiger partial charge in [-0.15, -0.1) is 0 Å². The van der Waals surface area contributed by atoms with Gasteiger partial charge in [0.05, 0.1) is 13.2 Å². The average Bonchev–Trinajstić information content (AvgIpc) is 2.42. The maximum Gasteiger partial charge on any atom is 0.132 e. The van der Waals surface area contributed by atoms with E-state index in [2.05, 4.69) is 4.98 Å². The molecule has 3 N–H and O–H groups in total. The molecule has 0 radical (unpaired) electrons. The fourth-order valence-corrected chi connectivity index (χ4v) is 2.39. The number of pyridine rings is 1. The molecule has 0 fully saturated rings. The van der Waals surface area contributed by atoms with Gasteiger partial charge in [-0.1, -0.05) is 11.6 Å². The molecular weight excluding hydrogens is 276 g/mol. The van der Waals surface area contributed by atoms with Gasteiger partial charge < -0.3 is 15.6 Å². The molecule has 0 aliphatic carbocycles. The lowest BCUT2D eigenvalue weighted by molar-refractivity contribution is 0.194. The van der Waals surface area contributed by atoms with Crippen molar-refractivity contribution in [2.45, 2.75) is 20.0 Å². The minimum Gasteiger partial charge on any atom is -0.496 e. The number of rotatable bonds is 3. The number of hydrogen-bond donors (Lipinski definition) is 2. The minimum atomic E-state index is -0.677. The summed E-state index contributed by atoms with van der Waals surface area (Å²) in [6, 6.07) is 5.31. The van der Waals surface area contributed by atoms with Crippen LogP contribution in [0, 0.1) is 6.92 Å². The lowest BCUT2D eigenvalue weighted by atomic mass is 9.95. The molecule has 106 valence electrons. The monoisotopic (exact) mass is 292 g/mol. The third-order valence-corrected chi connectivity index (χ3v) is 3.63. The largest absolute Gasteiger partial charge is 0.496 e. The second-order valence-corrected chi connectivity index (χ2v) is 5.04. The number of nitrogen functional groups attached to an aromatic ring is 1. The maximum absolute atomic E-state index is 9.89. The van der Waals surface area contributed by atoms with E-state index in [4.69, 9.17) is 22.1 Å². The van der Waals surface area contributed by atoms with E-state index in [1.807, 2.05) is 13.0 Å². The Morgan fingerprint density at radius 1 is 1.40 bits per heavy atom. The number of aliphatic hydroxyl groups is 1. The molecule has 0 saturated heterocycles. The van der Waals surface area contributed by atoms with Gasteiger partial charge >= 0.3 is 0 Å². The Morgan fingerprint density at radius 2 is 2.10 bits per heavy atom. The summed E-state index contributed by atoms with van der Waals surface area (Å²) in [5.74, 6) is 1.05. The third kappa shape index (κ3) is 2.57. The molecule has 0 spiro atoms. The maximum atomic E-state index is 9.89. The first-order valence-electron chi connectivity index (χ1n) is 6.22. The zero-order chi connectivity index (χ0) is 14.9. The van der Waals surface area contributed by atoms with Crippen molar-refractivity contribution >= 4 is 17.4 Å². The minimum absolute atomic E-state index is 0.447. The van der Waals surface area contributed by atoms with E-state index in [0.717, 1.165) is 16.7 Å². The van der Waals surface area contributed by atoms with Gasteiger partial charge in [0.2, 0.25) is 0 Å². The highest BCUT2D eigenvalue weighted by Crippen LogP contribution is 2.41. The van der Waals surface area contributed by atoms with Crippen LogP contribution >= 0.6 is 11.6 Å². The molecule has 5 heteroatoms. The standard InChI is InChI=1S/C15H17ClN2O2/c1-8-12(16)6-11(9(2)19)15(20-3)14(8)10-4-5-13(17)18-7-10/h4-7,9,19H,1-3H3,(H2,17,18). The molecule has 0 amide bonds. The molecule has 2 aromatic rings. The zero-order valence-corrected chi connectivity index (χ0v) is 12.4. The van der Waals surface area contributed by atoms with Gasteiger partial charge in [0.15, 0.2) is 0 Å². The quantitative estimate of drug-likeness (QED) is 0.910. The molecule has 0 bridgehead atoms. The van der Waals surface area contributed by atoms with E-state index < -0.39 is 6.10 Å². The Labute approximate surface area is 123 Å². The number of nitrogens with two attached hydrogens (primary N) is 1. The second kappa shape index (κ2) is 5.69. The Hall–Kier alpha value is -1.78. The number of aliphatic hydroxyl groups excluding tert-OH is 1. The Bertz CT molecular complexity index is 625.